The highest BCUT2D eigenvalue weighted by atomic mass is 19.4. The number of aromatic nitrogens is 1. The summed E-state index contributed by atoms with van der Waals surface area (Å²) in [5, 5.41) is 6.37. The third-order valence-corrected chi connectivity index (χ3v) is 3.37. The number of aryl methyl sites for hydroxylation is 2. The van der Waals surface area contributed by atoms with Crippen LogP contribution in [0.5, 0.6) is 0 Å². The predicted molar refractivity (Wildman–Crippen MR) is 77.6 cm³/mol. The highest BCUT2D eigenvalue weighted by molar-refractivity contribution is 5.76. The van der Waals surface area contributed by atoms with Crippen LogP contribution < -0.4 is 5.32 Å². The maximum Gasteiger partial charge on any atom is 0.416 e. The average molecular weight is 326 g/mol. The topological polar surface area (TPSA) is 55.1 Å². The molecule has 1 N–H and O–H groups in total. The van der Waals surface area contributed by atoms with Gasteiger partial charge in [0, 0.05) is 18.5 Å². The molecule has 1 heterocycles. The molecule has 0 fully saturated rings. The van der Waals surface area contributed by atoms with Gasteiger partial charge >= 0.3 is 6.18 Å². The molecule has 7 heteroatoms. The van der Waals surface area contributed by atoms with Crippen molar-refractivity contribution in [2.24, 2.45) is 0 Å². The zero-order valence-electron chi connectivity index (χ0n) is 12.4. The van der Waals surface area contributed by atoms with Crippen molar-refractivity contribution in [2.45, 2.75) is 31.9 Å². The molecule has 1 aromatic heterocycles. The molecular weight excluding hydrogens is 309 g/mol. The molecule has 2 aromatic rings. The van der Waals surface area contributed by atoms with Gasteiger partial charge in [-0.05, 0) is 37.0 Å². The van der Waals surface area contributed by atoms with Gasteiger partial charge in [0.2, 0.25) is 5.91 Å². The summed E-state index contributed by atoms with van der Waals surface area (Å²) in [6.07, 6.45) is 1.06. The normalized spacial score (nSPS) is 11.4. The summed E-state index contributed by atoms with van der Waals surface area (Å²) < 4.78 is 42.0. The van der Waals surface area contributed by atoms with Crippen molar-refractivity contribution in [3.63, 3.8) is 0 Å². The van der Waals surface area contributed by atoms with E-state index in [1.807, 2.05) is 0 Å². The number of halogens is 3. The fraction of sp³-hybridized carbons (Fsp3) is 0.375. The lowest BCUT2D eigenvalue weighted by Gasteiger charge is -2.08. The van der Waals surface area contributed by atoms with E-state index in [-0.39, 0.29) is 12.3 Å². The Hall–Kier alpha value is -2.31. The van der Waals surface area contributed by atoms with Crippen LogP contribution in [0.25, 0.3) is 0 Å². The van der Waals surface area contributed by atoms with E-state index in [4.69, 9.17) is 4.52 Å². The summed E-state index contributed by atoms with van der Waals surface area (Å²) in [4.78, 5) is 11.7. The number of rotatable bonds is 7. The Morgan fingerprint density at radius 1 is 1.13 bits per heavy atom. The molecule has 0 aliphatic heterocycles. The van der Waals surface area contributed by atoms with Crippen molar-refractivity contribution >= 4 is 5.91 Å². The molecule has 0 radical (unpaired) electrons. The molecule has 0 unspecified atom stereocenters. The highest BCUT2D eigenvalue weighted by Crippen LogP contribution is 2.29. The Labute approximate surface area is 131 Å². The summed E-state index contributed by atoms with van der Waals surface area (Å²) in [6, 6.07) is 4.88. The summed E-state index contributed by atoms with van der Waals surface area (Å²) in [7, 11) is 0. The van der Waals surface area contributed by atoms with Gasteiger partial charge in [-0.1, -0.05) is 17.3 Å². The minimum absolute atomic E-state index is 0.116. The van der Waals surface area contributed by atoms with Crippen LogP contribution in [0.4, 0.5) is 13.2 Å². The van der Waals surface area contributed by atoms with Gasteiger partial charge in [0.25, 0.3) is 0 Å². The number of hydrogen-bond donors (Lipinski definition) is 1. The van der Waals surface area contributed by atoms with Gasteiger partial charge in [0.1, 0.15) is 6.26 Å². The molecule has 4 nitrogen and oxygen atoms in total. The summed E-state index contributed by atoms with van der Waals surface area (Å²) in [5.41, 5.74) is 1.00. The lowest BCUT2D eigenvalue weighted by molar-refractivity contribution is -0.137. The number of nitrogens with zero attached hydrogens (tertiary/aromatic N) is 1. The van der Waals surface area contributed by atoms with Crippen LogP contribution in [0.1, 0.15) is 29.5 Å². The van der Waals surface area contributed by atoms with Crippen LogP contribution in [0.15, 0.2) is 41.2 Å². The van der Waals surface area contributed by atoms with E-state index >= 15 is 0 Å². The van der Waals surface area contributed by atoms with E-state index in [1.165, 1.54) is 12.1 Å². The predicted octanol–water partition coefficient (Wildman–Crippen LogP) is 3.38. The molecule has 124 valence electrons. The Morgan fingerprint density at radius 2 is 1.87 bits per heavy atom. The van der Waals surface area contributed by atoms with Crippen LogP contribution in [0, 0.1) is 0 Å². The van der Waals surface area contributed by atoms with Gasteiger partial charge in [0.05, 0.1) is 11.8 Å². The Kier molecular flexibility index (Phi) is 5.78. The Morgan fingerprint density at radius 3 is 2.48 bits per heavy atom. The number of carbonyl (C=O) groups is 1. The fourth-order valence-corrected chi connectivity index (χ4v) is 2.08. The van der Waals surface area contributed by atoms with Crippen molar-refractivity contribution < 1.29 is 22.5 Å². The van der Waals surface area contributed by atoms with Crippen molar-refractivity contribution in [3.05, 3.63) is 53.4 Å². The molecule has 1 aromatic carbocycles. The second-order valence-corrected chi connectivity index (χ2v) is 5.18. The fourth-order valence-electron chi connectivity index (χ4n) is 2.08. The van der Waals surface area contributed by atoms with Crippen molar-refractivity contribution in [2.75, 3.05) is 6.54 Å². The molecule has 0 saturated carbocycles. The Balaban J connectivity index is 1.66. The maximum atomic E-state index is 12.4. The van der Waals surface area contributed by atoms with E-state index in [1.54, 1.807) is 12.5 Å². The Bertz CT molecular complexity index is 607. The first kappa shape index (κ1) is 17.1. The van der Waals surface area contributed by atoms with Crippen LogP contribution in [-0.2, 0) is 23.8 Å². The molecule has 0 spiro atoms. The van der Waals surface area contributed by atoms with Gasteiger partial charge < -0.3 is 9.84 Å². The molecule has 0 saturated heterocycles. The van der Waals surface area contributed by atoms with Crippen LogP contribution in [-0.4, -0.2) is 17.6 Å². The van der Waals surface area contributed by atoms with Crippen LogP contribution >= 0.6 is 0 Å². The first-order valence-corrected chi connectivity index (χ1v) is 7.26. The second kappa shape index (κ2) is 7.80. The lowest BCUT2D eigenvalue weighted by atomic mass is 10.1. The first-order valence-electron chi connectivity index (χ1n) is 7.26. The minimum Gasteiger partial charge on any atom is -0.364 e. The quantitative estimate of drug-likeness (QED) is 0.794. The second-order valence-electron chi connectivity index (χ2n) is 5.18. The van der Waals surface area contributed by atoms with E-state index in [0.717, 1.165) is 30.5 Å². The van der Waals surface area contributed by atoms with E-state index in [9.17, 15) is 18.0 Å². The van der Waals surface area contributed by atoms with Gasteiger partial charge in [-0.2, -0.15) is 13.2 Å². The molecule has 0 bridgehead atoms. The molecule has 0 aliphatic carbocycles. The number of amides is 1. The number of hydrogen-bond acceptors (Lipinski definition) is 3. The van der Waals surface area contributed by atoms with Crippen molar-refractivity contribution in [1.82, 2.24) is 10.5 Å². The molecule has 23 heavy (non-hydrogen) atoms. The van der Waals surface area contributed by atoms with E-state index in [0.29, 0.717) is 18.5 Å². The molecule has 1 amide bonds. The van der Waals surface area contributed by atoms with E-state index < -0.39 is 11.7 Å². The number of carbonyl (C=O) groups excluding carboxylic acids is 1. The van der Waals surface area contributed by atoms with Gasteiger partial charge in [0.15, 0.2) is 0 Å². The smallest absolute Gasteiger partial charge is 0.364 e. The van der Waals surface area contributed by atoms with Crippen LogP contribution in [0.2, 0.25) is 0 Å². The van der Waals surface area contributed by atoms with Crippen molar-refractivity contribution in [3.8, 4) is 0 Å². The monoisotopic (exact) mass is 326 g/mol. The molecular formula is C16H17F3N2O2. The summed E-state index contributed by atoms with van der Waals surface area (Å²) in [5.74, 6) is -0.116. The zero-order valence-corrected chi connectivity index (χ0v) is 12.4. The largest absolute Gasteiger partial charge is 0.416 e. The lowest BCUT2D eigenvalue weighted by Crippen LogP contribution is -2.24. The highest BCUT2D eigenvalue weighted by Gasteiger charge is 2.29. The third-order valence-electron chi connectivity index (χ3n) is 3.37. The van der Waals surface area contributed by atoms with Gasteiger partial charge in [-0.25, -0.2) is 0 Å². The number of nitrogens with one attached hydrogen (secondary N) is 1. The molecule has 2 rings (SSSR count). The van der Waals surface area contributed by atoms with Crippen molar-refractivity contribution in [1.29, 1.82) is 0 Å². The maximum absolute atomic E-state index is 12.4. The summed E-state index contributed by atoms with van der Waals surface area (Å²) in [6.45, 7) is 0.539. The van der Waals surface area contributed by atoms with Gasteiger partial charge in [-0.3, -0.25) is 4.79 Å². The number of benzene rings is 1. The number of alkyl halides is 3. The van der Waals surface area contributed by atoms with Crippen LogP contribution in [0.3, 0.4) is 0 Å². The standard InChI is InChI=1S/C16H17F3N2O2/c17-16(18,19)14-6-3-12(4-7-14)5-8-15(22)20-9-1-2-13-10-21-23-11-13/h3-4,6-7,10-11H,1-2,5,8-9H2,(H,20,22). The third kappa shape index (κ3) is 5.77. The SMILES string of the molecule is O=C(CCc1ccc(C(F)(F)F)cc1)NCCCc1cnoc1. The zero-order chi connectivity index (χ0) is 16.7. The average Bonchev–Trinajstić information content (AvgIpc) is 3.02. The van der Waals surface area contributed by atoms with E-state index in [2.05, 4.69) is 10.5 Å². The summed E-state index contributed by atoms with van der Waals surface area (Å²) >= 11 is 0. The van der Waals surface area contributed by atoms with Gasteiger partial charge in [-0.15, -0.1) is 0 Å². The molecule has 0 aliphatic rings. The molecule has 0 atom stereocenters. The minimum atomic E-state index is -4.33. The first-order chi connectivity index (χ1) is 10.9.